The van der Waals surface area contributed by atoms with E-state index in [-0.39, 0.29) is 29.0 Å². The van der Waals surface area contributed by atoms with E-state index in [1.54, 1.807) is 0 Å². The van der Waals surface area contributed by atoms with Gasteiger partial charge in [-0.1, -0.05) is 13.3 Å². The summed E-state index contributed by atoms with van der Waals surface area (Å²) >= 11 is 0. The molecule has 0 spiro atoms. The molecule has 4 rings (SSSR count). The Labute approximate surface area is 160 Å². The van der Waals surface area contributed by atoms with Crippen LogP contribution in [0.3, 0.4) is 0 Å². The zero-order chi connectivity index (χ0) is 20.4. The molecular formula is C19H21NO8. The Hall–Kier alpha value is -2.49. The zero-order valence-electron chi connectivity index (χ0n) is 15.4. The predicted octanol–water partition coefficient (Wildman–Crippen LogP) is 0.0914. The number of aliphatic hydroxyl groups is 1. The minimum absolute atomic E-state index is 0.0144. The monoisotopic (exact) mass is 391 g/mol. The molecule has 2 fully saturated rings. The first-order chi connectivity index (χ1) is 13.2. The summed E-state index contributed by atoms with van der Waals surface area (Å²) in [5.74, 6) is -2.21. The van der Waals surface area contributed by atoms with Gasteiger partial charge in [0.1, 0.15) is 11.5 Å². The van der Waals surface area contributed by atoms with Gasteiger partial charge in [0.15, 0.2) is 23.1 Å². The summed E-state index contributed by atoms with van der Waals surface area (Å²) in [5.41, 5.74) is 1.92. The topological polar surface area (TPSA) is 149 Å². The number of Topliss-reactive ketones (excluding diaryl/α,β-unsaturated/α-hetero) is 2. The fraction of sp³-hybridized carbons (Fsp3) is 0.526. The number of epoxide rings is 1. The highest BCUT2D eigenvalue weighted by Gasteiger charge is 2.86. The molecule has 2 heterocycles. The van der Waals surface area contributed by atoms with Crippen molar-refractivity contribution >= 4 is 17.5 Å². The maximum Gasteiger partial charge on any atom is 0.248 e. The van der Waals surface area contributed by atoms with Crippen molar-refractivity contribution in [1.82, 2.24) is 0 Å². The van der Waals surface area contributed by atoms with Crippen LogP contribution in [0.1, 0.15) is 46.9 Å². The number of ether oxygens (including phenoxy) is 3. The number of amides is 1. The number of carbonyl (C=O) groups excluding carboxylic acids is 3. The molecule has 2 saturated heterocycles. The van der Waals surface area contributed by atoms with Crippen molar-refractivity contribution in [2.24, 2.45) is 5.73 Å². The highest BCUT2D eigenvalue weighted by atomic mass is 16.7. The number of benzene rings is 1. The standard InChI is InChI=1S/C19H21NO8/c1-3-4-12-19-16(24)13-9(5-8(26-2)6-10(13)21)15(23)18(19,28-19)7-11(27-12)14(22)17(20)25/h5-6,11-12,14,21-22H,3-4,7H2,1-2H3,(H2,20,25)/t11-,12+,14+,18+,19-/m0/s1. The van der Waals surface area contributed by atoms with Crippen molar-refractivity contribution in [3.8, 4) is 11.5 Å². The van der Waals surface area contributed by atoms with Gasteiger partial charge in [0.2, 0.25) is 11.7 Å². The number of rotatable bonds is 5. The van der Waals surface area contributed by atoms with E-state index in [1.165, 1.54) is 19.2 Å². The van der Waals surface area contributed by atoms with Crippen LogP contribution in [0.2, 0.25) is 0 Å². The number of phenols is 1. The normalized spacial score (nSPS) is 34.1. The van der Waals surface area contributed by atoms with Crippen LogP contribution in [0, 0.1) is 0 Å². The molecule has 3 aliphatic rings. The molecule has 1 aromatic rings. The van der Waals surface area contributed by atoms with E-state index in [4.69, 9.17) is 19.9 Å². The minimum atomic E-state index is -1.64. The second-order valence-electron chi connectivity index (χ2n) is 7.40. The van der Waals surface area contributed by atoms with Crippen LogP contribution >= 0.6 is 0 Å². The van der Waals surface area contributed by atoms with E-state index < -0.39 is 47.0 Å². The van der Waals surface area contributed by atoms with Gasteiger partial charge in [-0.3, -0.25) is 14.4 Å². The molecule has 0 aromatic heterocycles. The molecule has 2 aliphatic heterocycles. The van der Waals surface area contributed by atoms with Crippen LogP contribution in [-0.2, 0) is 14.3 Å². The Morgan fingerprint density at radius 3 is 2.71 bits per heavy atom. The van der Waals surface area contributed by atoms with Crippen molar-refractivity contribution in [3.63, 3.8) is 0 Å². The number of carbonyl (C=O) groups is 3. The number of nitrogens with two attached hydrogens (primary N) is 1. The number of fused-ring (bicyclic) bond motifs is 1. The molecule has 9 heteroatoms. The molecule has 1 amide bonds. The molecular weight excluding hydrogens is 370 g/mol. The van der Waals surface area contributed by atoms with Gasteiger partial charge < -0.3 is 30.2 Å². The molecule has 0 saturated carbocycles. The van der Waals surface area contributed by atoms with Crippen LogP contribution in [0.25, 0.3) is 0 Å². The largest absolute Gasteiger partial charge is 0.507 e. The molecule has 28 heavy (non-hydrogen) atoms. The molecule has 4 N–H and O–H groups in total. The van der Waals surface area contributed by atoms with Crippen molar-refractivity contribution in [2.45, 2.75) is 55.7 Å². The second kappa shape index (κ2) is 6.00. The van der Waals surface area contributed by atoms with Gasteiger partial charge in [-0.2, -0.15) is 0 Å². The summed E-state index contributed by atoms with van der Waals surface area (Å²) in [4.78, 5) is 38.2. The van der Waals surface area contributed by atoms with Crippen LogP contribution in [-0.4, -0.2) is 64.3 Å². The number of aromatic hydroxyl groups is 1. The molecule has 150 valence electrons. The highest BCUT2D eigenvalue weighted by Crippen LogP contribution is 2.64. The summed E-state index contributed by atoms with van der Waals surface area (Å²) in [5, 5.41) is 20.5. The number of aliphatic hydroxyl groups excluding tert-OH is 1. The maximum atomic E-state index is 13.4. The van der Waals surface area contributed by atoms with Crippen molar-refractivity contribution < 1.29 is 38.8 Å². The Morgan fingerprint density at radius 2 is 2.11 bits per heavy atom. The molecule has 0 radical (unpaired) electrons. The van der Waals surface area contributed by atoms with Gasteiger partial charge in [-0.25, -0.2) is 0 Å². The van der Waals surface area contributed by atoms with Gasteiger partial charge in [0.05, 0.1) is 24.9 Å². The molecule has 0 bridgehead atoms. The van der Waals surface area contributed by atoms with Gasteiger partial charge in [0, 0.05) is 18.1 Å². The quantitative estimate of drug-likeness (QED) is 0.598. The average Bonchev–Trinajstić information content (AvgIpc) is 3.37. The summed E-state index contributed by atoms with van der Waals surface area (Å²) in [6, 6.07) is 2.63. The van der Waals surface area contributed by atoms with Crippen LogP contribution in [0.4, 0.5) is 0 Å². The van der Waals surface area contributed by atoms with Gasteiger partial charge >= 0.3 is 0 Å². The van der Waals surface area contributed by atoms with E-state index in [0.717, 1.165) is 0 Å². The first-order valence-electron chi connectivity index (χ1n) is 9.07. The van der Waals surface area contributed by atoms with E-state index in [2.05, 4.69) is 0 Å². The van der Waals surface area contributed by atoms with Crippen LogP contribution in [0.15, 0.2) is 12.1 Å². The summed E-state index contributed by atoms with van der Waals surface area (Å²) in [6.45, 7) is 1.86. The Balaban J connectivity index is 1.86. The summed E-state index contributed by atoms with van der Waals surface area (Å²) < 4.78 is 16.7. The summed E-state index contributed by atoms with van der Waals surface area (Å²) in [6.07, 6.45) is -2.82. The lowest BCUT2D eigenvalue weighted by Gasteiger charge is -2.39. The SMILES string of the molecule is CCC[C@H]1O[C@H]([C@@H](O)C(N)=O)C[C@]23O[C@]12C(=O)c1c(O)cc(OC)cc1C3=O. The highest BCUT2D eigenvalue weighted by molar-refractivity contribution is 6.26. The summed E-state index contributed by atoms with van der Waals surface area (Å²) in [7, 11) is 1.37. The number of primary amides is 1. The van der Waals surface area contributed by atoms with Gasteiger partial charge in [-0.15, -0.1) is 0 Å². The van der Waals surface area contributed by atoms with Gasteiger partial charge in [0.25, 0.3) is 0 Å². The van der Waals surface area contributed by atoms with E-state index in [1.807, 2.05) is 6.92 Å². The zero-order valence-corrected chi connectivity index (χ0v) is 15.4. The lowest BCUT2D eigenvalue weighted by molar-refractivity contribution is -0.146. The van der Waals surface area contributed by atoms with Crippen LogP contribution in [0.5, 0.6) is 11.5 Å². The number of phenolic OH excluding ortho intramolecular Hbond substituents is 1. The van der Waals surface area contributed by atoms with E-state index in [9.17, 15) is 24.6 Å². The van der Waals surface area contributed by atoms with Crippen molar-refractivity contribution in [1.29, 1.82) is 0 Å². The Morgan fingerprint density at radius 1 is 1.39 bits per heavy atom. The average molecular weight is 391 g/mol. The van der Waals surface area contributed by atoms with Crippen molar-refractivity contribution in [3.05, 3.63) is 23.3 Å². The van der Waals surface area contributed by atoms with Crippen molar-refractivity contribution in [2.75, 3.05) is 7.11 Å². The van der Waals surface area contributed by atoms with E-state index >= 15 is 0 Å². The lowest BCUT2D eigenvalue weighted by Crippen LogP contribution is -2.60. The molecule has 1 aliphatic carbocycles. The first kappa shape index (κ1) is 18.9. The Kier molecular flexibility index (Phi) is 4.04. The maximum absolute atomic E-state index is 13.4. The third kappa shape index (κ3) is 2.15. The first-order valence-corrected chi connectivity index (χ1v) is 9.07. The molecule has 9 nitrogen and oxygen atoms in total. The van der Waals surface area contributed by atoms with Gasteiger partial charge in [-0.05, 0) is 12.5 Å². The Bertz CT molecular complexity index is 898. The number of ketones is 2. The lowest BCUT2D eigenvalue weighted by atomic mass is 9.67. The molecule has 5 atom stereocenters. The predicted molar refractivity (Wildman–Crippen MR) is 93.3 cm³/mol. The molecule has 0 unspecified atom stereocenters. The molecule has 1 aromatic carbocycles. The number of hydrogen-bond donors (Lipinski definition) is 3. The van der Waals surface area contributed by atoms with Crippen LogP contribution < -0.4 is 10.5 Å². The third-order valence-corrected chi connectivity index (χ3v) is 5.87. The minimum Gasteiger partial charge on any atom is -0.507 e. The fourth-order valence-corrected chi connectivity index (χ4v) is 4.53. The second-order valence-corrected chi connectivity index (χ2v) is 7.40. The smallest absolute Gasteiger partial charge is 0.248 e. The van der Waals surface area contributed by atoms with E-state index in [0.29, 0.717) is 12.8 Å². The number of hydrogen-bond acceptors (Lipinski definition) is 8. The third-order valence-electron chi connectivity index (χ3n) is 5.87. The number of methoxy groups -OCH3 is 1. The fourth-order valence-electron chi connectivity index (χ4n) is 4.53.